The molecule has 84 valence electrons. The maximum atomic E-state index is 10.4. The summed E-state index contributed by atoms with van der Waals surface area (Å²) in [5.74, 6) is 0. The summed E-state index contributed by atoms with van der Waals surface area (Å²) >= 11 is 0. The molecule has 1 atom stereocenters. The van der Waals surface area contributed by atoms with Gasteiger partial charge in [0, 0.05) is 6.42 Å². The molecule has 0 saturated carbocycles. The Balaban J connectivity index is 2.74. The van der Waals surface area contributed by atoms with E-state index in [1.165, 1.54) is 11.1 Å². The first-order valence-corrected chi connectivity index (χ1v) is 5.87. The Bertz CT molecular complexity index is 306. The highest BCUT2D eigenvalue weighted by Crippen LogP contribution is 2.23. The third kappa shape index (κ3) is 3.67. The van der Waals surface area contributed by atoms with Gasteiger partial charge in [-0.2, -0.15) is 0 Å². The molecule has 0 bridgehead atoms. The second-order valence-electron chi connectivity index (χ2n) is 4.49. The van der Waals surface area contributed by atoms with Gasteiger partial charge in [-0.25, -0.2) is 0 Å². The molecule has 1 N–H and O–H groups in total. The monoisotopic (exact) mass is 206 g/mol. The van der Waals surface area contributed by atoms with Gasteiger partial charge in [0.1, 0.15) is 0 Å². The van der Waals surface area contributed by atoms with Gasteiger partial charge in [-0.3, -0.25) is 0 Å². The molecule has 15 heavy (non-hydrogen) atoms. The first-order chi connectivity index (χ1) is 7.09. The molecule has 0 aliphatic heterocycles. The van der Waals surface area contributed by atoms with E-state index in [1.54, 1.807) is 0 Å². The van der Waals surface area contributed by atoms with E-state index in [2.05, 4.69) is 45.0 Å². The van der Waals surface area contributed by atoms with Crippen LogP contribution in [0.3, 0.4) is 0 Å². The van der Waals surface area contributed by atoms with Gasteiger partial charge in [0.05, 0.1) is 5.60 Å². The molecule has 1 aromatic rings. The minimum Gasteiger partial charge on any atom is -0.390 e. The quantitative estimate of drug-likeness (QED) is 0.782. The Hall–Kier alpha value is -0.820. The summed E-state index contributed by atoms with van der Waals surface area (Å²) in [6.07, 6.45) is 3.53. The van der Waals surface area contributed by atoms with Crippen molar-refractivity contribution in [2.75, 3.05) is 0 Å². The highest BCUT2D eigenvalue weighted by atomic mass is 16.3. The highest BCUT2D eigenvalue weighted by Gasteiger charge is 2.23. The number of aliphatic hydroxyl groups is 1. The fourth-order valence-corrected chi connectivity index (χ4v) is 2.06. The number of hydrogen-bond donors (Lipinski definition) is 1. The van der Waals surface area contributed by atoms with E-state index in [4.69, 9.17) is 0 Å². The molecule has 0 heterocycles. The van der Waals surface area contributed by atoms with Gasteiger partial charge in [0.25, 0.3) is 0 Å². The van der Waals surface area contributed by atoms with Crippen LogP contribution in [0, 0.1) is 6.92 Å². The van der Waals surface area contributed by atoms with Crippen LogP contribution in [-0.4, -0.2) is 10.7 Å². The van der Waals surface area contributed by atoms with E-state index >= 15 is 0 Å². The fraction of sp³-hybridized carbons (Fsp3) is 0.571. The third-order valence-electron chi connectivity index (χ3n) is 2.99. The maximum Gasteiger partial charge on any atom is 0.0685 e. The number of benzene rings is 1. The van der Waals surface area contributed by atoms with Crippen LogP contribution in [0.1, 0.15) is 44.2 Å². The predicted molar refractivity (Wildman–Crippen MR) is 65.0 cm³/mol. The first kappa shape index (κ1) is 12.3. The van der Waals surface area contributed by atoms with Crippen molar-refractivity contribution >= 4 is 0 Å². The molecule has 1 rings (SSSR count). The largest absolute Gasteiger partial charge is 0.390 e. The normalized spacial score (nSPS) is 14.9. The van der Waals surface area contributed by atoms with Gasteiger partial charge >= 0.3 is 0 Å². The minimum atomic E-state index is -0.511. The second-order valence-corrected chi connectivity index (χ2v) is 4.49. The molecule has 0 aliphatic rings. The lowest BCUT2D eigenvalue weighted by atomic mass is 9.87. The van der Waals surface area contributed by atoms with E-state index in [1.807, 2.05) is 0 Å². The summed E-state index contributed by atoms with van der Waals surface area (Å²) in [4.78, 5) is 0. The molecule has 1 aromatic carbocycles. The molecule has 1 unspecified atom stereocenters. The zero-order valence-electron chi connectivity index (χ0n) is 10.1. The standard InChI is InChI=1S/C14H22O/c1-4-9-14(15,5-2)11-13-8-6-7-12(3)10-13/h6-8,10,15H,4-5,9,11H2,1-3H3. The lowest BCUT2D eigenvalue weighted by molar-refractivity contribution is 0.0271. The van der Waals surface area contributed by atoms with Crippen molar-refractivity contribution in [3.8, 4) is 0 Å². The molecule has 1 heteroatoms. The summed E-state index contributed by atoms with van der Waals surface area (Å²) in [7, 11) is 0. The van der Waals surface area contributed by atoms with Crippen molar-refractivity contribution < 1.29 is 5.11 Å². The van der Waals surface area contributed by atoms with Gasteiger partial charge < -0.3 is 5.11 Å². The van der Waals surface area contributed by atoms with Crippen molar-refractivity contribution in [1.82, 2.24) is 0 Å². The lowest BCUT2D eigenvalue weighted by Gasteiger charge is -2.26. The van der Waals surface area contributed by atoms with Crippen LogP contribution in [0.5, 0.6) is 0 Å². The highest BCUT2D eigenvalue weighted by molar-refractivity contribution is 5.23. The average Bonchev–Trinajstić information content (AvgIpc) is 2.18. The Kier molecular flexibility index (Phi) is 4.34. The Morgan fingerprint density at radius 1 is 1.27 bits per heavy atom. The SMILES string of the molecule is CCCC(O)(CC)Cc1cccc(C)c1. The van der Waals surface area contributed by atoms with Crippen molar-refractivity contribution in [1.29, 1.82) is 0 Å². The number of hydrogen-bond acceptors (Lipinski definition) is 1. The zero-order chi connectivity index (χ0) is 11.3. The molecular formula is C14H22O. The summed E-state index contributed by atoms with van der Waals surface area (Å²) in [6, 6.07) is 8.42. The molecule has 0 spiro atoms. The summed E-state index contributed by atoms with van der Waals surface area (Å²) in [5, 5.41) is 10.4. The molecule has 0 saturated heterocycles. The molecule has 0 radical (unpaired) electrons. The van der Waals surface area contributed by atoms with Crippen molar-refractivity contribution in [2.45, 2.75) is 52.1 Å². The lowest BCUT2D eigenvalue weighted by Crippen LogP contribution is -2.30. The van der Waals surface area contributed by atoms with Crippen molar-refractivity contribution in [3.63, 3.8) is 0 Å². The van der Waals surface area contributed by atoms with Crippen LogP contribution in [0.4, 0.5) is 0 Å². The van der Waals surface area contributed by atoms with E-state index in [0.29, 0.717) is 0 Å². The van der Waals surface area contributed by atoms with Crippen LogP contribution >= 0.6 is 0 Å². The van der Waals surface area contributed by atoms with Crippen LogP contribution in [0.15, 0.2) is 24.3 Å². The van der Waals surface area contributed by atoms with Gasteiger partial charge in [0.2, 0.25) is 0 Å². The Morgan fingerprint density at radius 2 is 2.00 bits per heavy atom. The van der Waals surface area contributed by atoms with Crippen LogP contribution < -0.4 is 0 Å². The predicted octanol–water partition coefficient (Wildman–Crippen LogP) is 3.48. The third-order valence-corrected chi connectivity index (χ3v) is 2.99. The second kappa shape index (κ2) is 5.32. The molecular weight excluding hydrogens is 184 g/mol. The van der Waals surface area contributed by atoms with Crippen molar-refractivity contribution in [3.05, 3.63) is 35.4 Å². The van der Waals surface area contributed by atoms with Crippen LogP contribution in [-0.2, 0) is 6.42 Å². The van der Waals surface area contributed by atoms with Crippen LogP contribution in [0.25, 0.3) is 0 Å². The Labute approximate surface area is 93.1 Å². The maximum absolute atomic E-state index is 10.4. The van der Waals surface area contributed by atoms with Gasteiger partial charge in [-0.05, 0) is 25.3 Å². The smallest absolute Gasteiger partial charge is 0.0685 e. The molecule has 0 aliphatic carbocycles. The van der Waals surface area contributed by atoms with Crippen LogP contribution in [0.2, 0.25) is 0 Å². The van der Waals surface area contributed by atoms with E-state index < -0.39 is 5.60 Å². The topological polar surface area (TPSA) is 20.2 Å². The zero-order valence-corrected chi connectivity index (χ0v) is 10.1. The van der Waals surface area contributed by atoms with Gasteiger partial charge in [0.15, 0.2) is 0 Å². The fourth-order valence-electron chi connectivity index (χ4n) is 2.06. The first-order valence-electron chi connectivity index (χ1n) is 5.87. The average molecular weight is 206 g/mol. The van der Waals surface area contributed by atoms with E-state index in [-0.39, 0.29) is 0 Å². The summed E-state index contributed by atoms with van der Waals surface area (Å²) < 4.78 is 0. The van der Waals surface area contributed by atoms with Crippen molar-refractivity contribution in [2.24, 2.45) is 0 Å². The number of aryl methyl sites for hydroxylation is 1. The summed E-state index contributed by atoms with van der Waals surface area (Å²) in [6.45, 7) is 6.27. The molecule has 0 aromatic heterocycles. The van der Waals surface area contributed by atoms with E-state index in [9.17, 15) is 5.11 Å². The molecule has 1 nitrogen and oxygen atoms in total. The molecule has 0 amide bonds. The minimum absolute atomic E-state index is 0.511. The van der Waals surface area contributed by atoms with Gasteiger partial charge in [-0.1, -0.05) is 50.1 Å². The van der Waals surface area contributed by atoms with Gasteiger partial charge in [-0.15, -0.1) is 0 Å². The molecule has 0 fully saturated rings. The van der Waals surface area contributed by atoms with E-state index in [0.717, 1.165) is 25.7 Å². The Morgan fingerprint density at radius 3 is 2.53 bits per heavy atom. The number of rotatable bonds is 5. The summed E-state index contributed by atoms with van der Waals surface area (Å²) in [5.41, 5.74) is 2.00.